The molecule has 140 valence electrons. The highest BCUT2D eigenvalue weighted by Crippen LogP contribution is 2.27. The molecule has 1 aliphatic heterocycles. The molecular formula is C20H20BrN3O3. The van der Waals surface area contributed by atoms with E-state index in [4.69, 9.17) is 0 Å². The van der Waals surface area contributed by atoms with Crippen molar-refractivity contribution >= 4 is 45.0 Å². The van der Waals surface area contributed by atoms with Gasteiger partial charge in [0, 0.05) is 42.3 Å². The van der Waals surface area contributed by atoms with E-state index in [0.717, 1.165) is 10.0 Å². The van der Waals surface area contributed by atoms with Gasteiger partial charge < -0.3 is 15.5 Å². The fourth-order valence-corrected chi connectivity index (χ4v) is 3.29. The Morgan fingerprint density at radius 1 is 1.19 bits per heavy atom. The third kappa shape index (κ3) is 4.95. The molecule has 0 spiro atoms. The lowest BCUT2D eigenvalue weighted by atomic mass is 10.1. The average molecular weight is 430 g/mol. The highest BCUT2D eigenvalue weighted by atomic mass is 79.9. The molecule has 3 amide bonds. The molecule has 0 aromatic heterocycles. The summed E-state index contributed by atoms with van der Waals surface area (Å²) in [6.45, 7) is 2.18. The number of amides is 3. The van der Waals surface area contributed by atoms with Crippen molar-refractivity contribution in [3.63, 3.8) is 0 Å². The summed E-state index contributed by atoms with van der Waals surface area (Å²) in [5, 5.41) is 5.60. The van der Waals surface area contributed by atoms with Crippen LogP contribution < -0.4 is 15.5 Å². The minimum atomic E-state index is -0.391. The number of nitrogens with one attached hydrogen (secondary N) is 2. The second kappa shape index (κ2) is 8.35. The van der Waals surface area contributed by atoms with Crippen LogP contribution in [0.5, 0.6) is 0 Å². The summed E-state index contributed by atoms with van der Waals surface area (Å²) in [4.78, 5) is 37.7. The molecule has 1 fully saturated rings. The number of nitrogens with zero attached hydrogens (tertiary/aromatic N) is 1. The molecule has 1 atom stereocenters. The van der Waals surface area contributed by atoms with Gasteiger partial charge in [-0.05, 0) is 35.9 Å². The molecule has 1 unspecified atom stereocenters. The Morgan fingerprint density at radius 2 is 1.93 bits per heavy atom. The first-order valence-electron chi connectivity index (χ1n) is 8.62. The number of hydrogen-bond donors (Lipinski definition) is 2. The summed E-state index contributed by atoms with van der Waals surface area (Å²) in [7, 11) is 0. The van der Waals surface area contributed by atoms with E-state index in [0.29, 0.717) is 24.5 Å². The Morgan fingerprint density at radius 3 is 2.63 bits per heavy atom. The Hall–Kier alpha value is -2.67. The van der Waals surface area contributed by atoms with E-state index in [-0.39, 0.29) is 24.1 Å². The van der Waals surface area contributed by atoms with Gasteiger partial charge in [0.05, 0.1) is 5.92 Å². The van der Waals surface area contributed by atoms with Gasteiger partial charge in [0.2, 0.25) is 17.7 Å². The predicted molar refractivity (Wildman–Crippen MR) is 107 cm³/mol. The number of halogens is 1. The van der Waals surface area contributed by atoms with Crippen LogP contribution >= 0.6 is 15.9 Å². The fourth-order valence-electron chi connectivity index (χ4n) is 3.02. The smallest absolute Gasteiger partial charge is 0.227 e. The lowest BCUT2D eigenvalue weighted by Gasteiger charge is -2.18. The molecule has 1 heterocycles. The van der Waals surface area contributed by atoms with E-state index in [2.05, 4.69) is 26.6 Å². The van der Waals surface area contributed by atoms with Gasteiger partial charge in [-0.15, -0.1) is 0 Å². The molecule has 7 heteroatoms. The van der Waals surface area contributed by atoms with Gasteiger partial charge in [0.1, 0.15) is 0 Å². The molecule has 0 bridgehead atoms. The quantitative estimate of drug-likeness (QED) is 0.766. The van der Waals surface area contributed by atoms with Gasteiger partial charge in [-0.1, -0.05) is 34.1 Å². The Labute approximate surface area is 166 Å². The van der Waals surface area contributed by atoms with E-state index < -0.39 is 5.92 Å². The zero-order chi connectivity index (χ0) is 19.4. The topological polar surface area (TPSA) is 78.5 Å². The van der Waals surface area contributed by atoms with Crippen molar-refractivity contribution < 1.29 is 14.4 Å². The van der Waals surface area contributed by atoms with Crippen LogP contribution in [0.4, 0.5) is 11.4 Å². The van der Waals surface area contributed by atoms with Gasteiger partial charge in [0.15, 0.2) is 0 Å². The largest absolute Gasteiger partial charge is 0.352 e. The summed E-state index contributed by atoms with van der Waals surface area (Å²) in [5.74, 6) is -0.798. The van der Waals surface area contributed by atoms with Crippen LogP contribution in [-0.4, -0.2) is 24.3 Å². The number of hydrogen-bond acceptors (Lipinski definition) is 3. The summed E-state index contributed by atoms with van der Waals surface area (Å²) in [6, 6.07) is 14.8. The van der Waals surface area contributed by atoms with Crippen molar-refractivity contribution in [2.75, 3.05) is 16.8 Å². The zero-order valence-electron chi connectivity index (χ0n) is 14.9. The summed E-state index contributed by atoms with van der Waals surface area (Å²) >= 11 is 3.38. The van der Waals surface area contributed by atoms with Crippen LogP contribution in [0.3, 0.4) is 0 Å². The van der Waals surface area contributed by atoms with Crippen molar-refractivity contribution in [3.05, 3.63) is 58.6 Å². The van der Waals surface area contributed by atoms with Crippen molar-refractivity contribution in [3.8, 4) is 0 Å². The van der Waals surface area contributed by atoms with Crippen molar-refractivity contribution in [1.82, 2.24) is 5.32 Å². The number of benzene rings is 2. The lowest BCUT2D eigenvalue weighted by molar-refractivity contribution is -0.126. The number of rotatable bonds is 5. The van der Waals surface area contributed by atoms with Gasteiger partial charge >= 0.3 is 0 Å². The minimum Gasteiger partial charge on any atom is -0.352 e. The molecule has 2 aromatic carbocycles. The molecule has 6 nitrogen and oxygen atoms in total. The Bertz CT molecular complexity index is 867. The molecule has 1 aliphatic rings. The second-order valence-electron chi connectivity index (χ2n) is 6.48. The van der Waals surface area contributed by atoms with E-state index in [1.807, 2.05) is 24.3 Å². The van der Waals surface area contributed by atoms with Crippen LogP contribution in [-0.2, 0) is 20.9 Å². The molecule has 1 saturated heterocycles. The molecule has 0 radical (unpaired) electrons. The van der Waals surface area contributed by atoms with Crippen LogP contribution in [0.25, 0.3) is 0 Å². The summed E-state index contributed by atoms with van der Waals surface area (Å²) in [5.41, 5.74) is 2.29. The third-order valence-corrected chi connectivity index (χ3v) is 4.88. The van der Waals surface area contributed by atoms with Crippen LogP contribution in [0.2, 0.25) is 0 Å². The summed E-state index contributed by atoms with van der Waals surface area (Å²) < 4.78 is 0.983. The third-order valence-electron chi connectivity index (χ3n) is 4.35. The maximum absolute atomic E-state index is 12.5. The fraction of sp³-hybridized carbons (Fsp3) is 0.250. The van der Waals surface area contributed by atoms with Crippen LogP contribution in [0.1, 0.15) is 18.9 Å². The maximum atomic E-state index is 12.5. The van der Waals surface area contributed by atoms with E-state index in [1.165, 1.54) is 6.92 Å². The molecule has 3 rings (SSSR count). The van der Waals surface area contributed by atoms with Gasteiger partial charge in [-0.3, -0.25) is 14.4 Å². The SMILES string of the molecule is CC(=O)Nc1cccc(N2CC(C(=O)NCc3ccc(Br)cc3)CC2=O)c1. The first-order valence-corrected chi connectivity index (χ1v) is 9.42. The molecule has 2 aromatic rings. The zero-order valence-corrected chi connectivity index (χ0v) is 16.5. The standard InChI is InChI=1S/C20H20BrN3O3/c1-13(25)23-17-3-2-4-18(10-17)24-12-15(9-19(24)26)20(27)22-11-14-5-7-16(21)8-6-14/h2-8,10,15H,9,11-12H2,1H3,(H,22,27)(H,23,25). The normalized spacial score (nSPS) is 16.3. The molecular weight excluding hydrogens is 410 g/mol. The first kappa shape index (κ1) is 19.1. The monoisotopic (exact) mass is 429 g/mol. The van der Waals surface area contributed by atoms with E-state index in [1.54, 1.807) is 29.2 Å². The molecule has 27 heavy (non-hydrogen) atoms. The van der Waals surface area contributed by atoms with Crippen molar-refractivity contribution in [2.24, 2.45) is 5.92 Å². The highest BCUT2D eigenvalue weighted by molar-refractivity contribution is 9.10. The van der Waals surface area contributed by atoms with Gasteiger partial charge in [-0.25, -0.2) is 0 Å². The number of carbonyl (C=O) groups excluding carboxylic acids is 3. The number of anilines is 2. The minimum absolute atomic E-state index is 0.0984. The lowest BCUT2D eigenvalue weighted by Crippen LogP contribution is -2.32. The molecule has 0 saturated carbocycles. The number of carbonyl (C=O) groups is 3. The summed E-state index contributed by atoms with van der Waals surface area (Å²) in [6.07, 6.45) is 0.177. The second-order valence-corrected chi connectivity index (χ2v) is 7.40. The van der Waals surface area contributed by atoms with Crippen molar-refractivity contribution in [1.29, 1.82) is 0 Å². The first-order chi connectivity index (χ1) is 12.9. The highest BCUT2D eigenvalue weighted by Gasteiger charge is 2.35. The maximum Gasteiger partial charge on any atom is 0.227 e. The van der Waals surface area contributed by atoms with E-state index >= 15 is 0 Å². The predicted octanol–water partition coefficient (Wildman–Crippen LogP) is 3.08. The van der Waals surface area contributed by atoms with Crippen LogP contribution in [0.15, 0.2) is 53.0 Å². The van der Waals surface area contributed by atoms with Gasteiger partial charge in [0.25, 0.3) is 0 Å². The van der Waals surface area contributed by atoms with Crippen LogP contribution in [0, 0.1) is 5.92 Å². The van der Waals surface area contributed by atoms with Gasteiger partial charge in [-0.2, -0.15) is 0 Å². The Kier molecular flexibility index (Phi) is 5.91. The molecule has 0 aliphatic carbocycles. The molecule has 2 N–H and O–H groups in total. The van der Waals surface area contributed by atoms with E-state index in [9.17, 15) is 14.4 Å². The van der Waals surface area contributed by atoms with Crippen molar-refractivity contribution in [2.45, 2.75) is 19.9 Å². The average Bonchev–Trinajstić information content (AvgIpc) is 3.02. The Balaban J connectivity index is 1.62.